The van der Waals surface area contributed by atoms with Crippen LogP contribution in [0, 0.1) is 5.82 Å². The molecule has 0 saturated heterocycles. The van der Waals surface area contributed by atoms with Crippen LogP contribution in [-0.4, -0.2) is 23.5 Å². The molecule has 0 radical (unpaired) electrons. The first-order chi connectivity index (χ1) is 11.8. The number of hydrogen-bond acceptors (Lipinski definition) is 6. The molecular formula is C17H14FN3O3. The Morgan fingerprint density at radius 2 is 1.96 bits per heavy atom. The Bertz CT molecular complexity index is 831. The van der Waals surface area contributed by atoms with Crippen molar-refractivity contribution in [3.63, 3.8) is 0 Å². The minimum Gasteiger partial charge on any atom is -0.497 e. The first-order valence-electron chi connectivity index (χ1n) is 7.13. The van der Waals surface area contributed by atoms with Crippen molar-refractivity contribution < 1.29 is 18.5 Å². The monoisotopic (exact) mass is 327 g/mol. The Morgan fingerprint density at radius 3 is 2.71 bits per heavy atom. The van der Waals surface area contributed by atoms with Gasteiger partial charge in [0.05, 0.1) is 13.3 Å². The zero-order valence-corrected chi connectivity index (χ0v) is 12.8. The normalized spacial score (nSPS) is 10.9. The van der Waals surface area contributed by atoms with Gasteiger partial charge >= 0.3 is 0 Å². The number of aromatic nitrogens is 2. The van der Waals surface area contributed by atoms with E-state index in [0.29, 0.717) is 11.4 Å². The summed E-state index contributed by atoms with van der Waals surface area (Å²) in [5.41, 5.74) is 1.13. The minimum absolute atomic E-state index is 0.00585. The molecule has 1 heterocycles. The Hall–Kier alpha value is -3.22. The summed E-state index contributed by atoms with van der Waals surface area (Å²) in [4.78, 5) is 9.26. The molecule has 1 aromatic heterocycles. The van der Waals surface area contributed by atoms with Gasteiger partial charge in [0.15, 0.2) is 6.61 Å². The van der Waals surface area contributed by atoms with Crippen molar-refractivity contribution >= 4 is 6.21 Å². The summed E-state index contributed by atoms with van der Waals surface area (Å²) in [7, 11) is 1.60. The topological polar surface area (TPSA) is 69.7 Å². The van der Waals surface area contributed by atoms with E-state index >= 15 is 0 Å². The maximum Gasteiger partial charge on any atom is 0.267 e. The van der Waals surface area contributed by atoms with E-state index in [2.05, 4.69) is 15.3 Å². The van der Waals surface area contributed by atoms with Crippen molar-refractivity contribution in [2.75, 3.05) is 7.11 Å². The molecule has 0 N–H and O–H groups in total. The van der Waals surface area contributed by atoms with Crippen molar-refractivity contribution in [3.8, 4) is 17.1 Å². The molecule has 0 aliphatic carbocycles. The lowest BCUT2D eigenvalue weighted by molar-refractivity contribution is 0.107. The molecule has 0 aliphatic rings. The zero-order valence-electron chi connectivity index (χ0n) is 12.8. The van der Waals surface area contributed by atoms with Crippen LogP contribution in [-0.2, 0) is 11.4 Å². The number of oxime groups is 1. The highest BCUT2D eigenvalue weighted by molar-refractivity contribution is 5.79. The molecule has 3 aromatic rings. The number of hydrogen-bond donors (Lipinski definition) is 0. The van der Waals surface area contributed by atoms with Gasteiger partial charge in [-0.25, -0.2) is 4.39 Å². The van der Waals surface area contributed by atoms with Gasteiger partial charge in [-0.2, -0.15) is 4.98 Å². The highest BCUT2D eigenvalue weighted by Gasteiger charge is 2.09. The number of methoxy groups -OCH3 is 1. The van der Waals surface area contributed by atoms with Gasteiger partial charge in [-0.15, -0.1) is 0 Å². The maximum atomic E-state index is 13.4. The molecule has 0 atom stereocenters. The van der Waals surface area contributed by atoms with Crippen molar-refractivity contribution in [2.45, 2.75) is 6.61 Å². The molecule has 0 unspecified atom stereocenters. The van der Waals surface area contributed by atoms with Crippen LogP contribution in [0.3, 0.4) is 0 Å². The molecule has 2 aromatic carbocycles. The van der Waals surface area contributed by atoms with Gasteiger partial charge < -0.3 is 14.1 Å². The van der Waals surface area contributed by atoms with Gasteiger partial charge in [0.1, 0.15) is 11.6 Å². The van der Waals surface area contributed by atoms with Crippen LogP contribution in [0.5, 0.6) is 5.75 Å². The molecule has 6 nitrogen and oxygen atoms in total. The Kier molecular flexibility index (Phi) is 4.81. The summed E-state index contributed by atoms with van der Waals surface area (Å²) < 4.78 is 23.6. The predicted molar refractivity (Wildman–Crippen MR) is 85.1 cm³/mol. The molecule has 0 amide bonds. The van der Waals surface area contributed by atoms with Crippen molar-refractivity contribution in [1.82, 2.24) is 10.1 Å². The fourth-order valence-corrected chi connectivity index (χ4v) is 1.94. The van der Waals surface area contributed by atoms with E-state index in [1.165, 1.54) is 12.3 Å². The number of nitrogens with zero attached hydrogens (tertiary/aromatic N) is 3. The number of halogens is 1. The molecule has 3 rings (SSSR count). The van der Waals surface area contributed by atoms with Crippen LogP contribution in [0.4, 0.5) is 4.39 Å². The minimum atomic E-state index is -0.371. The standard InChI is InChI=1S/C17H14FN3O3/c1-22-14-8-6-12(7-9-14)17-20-16(24-21-17)11-23-19-10-13-4-2-3-5-15(13)18/h2-10H,11H2,1H3/b19-10-. The summed E-state index contributed by atoms with van der Waals surface area (Å²) in [6.07, 6.45) is 1.29. The lowest BCUT2D eigenvalue weighted by Gasteiger charge is -1.98. The highest BCUT2D eigenvalue weighted by Crippen LogP contribution is 2.19. The van der Waals surface area contributed by atoms with E-state index in [9.17, 15) is 4.39 Å². The number of rotatable bonds is 6. The summed E-state index contributed by atoms with van der Waals surface area (Å²) in [6, 6.07) is 13.5. The van der Waals surface area contributed by atoms with Gasteiger partial charge in [-0.1, -0.05) is 28.5 Å². The summed E-state index contributed by atoms with van der Waals surface area (Å²) >= 11 is 0. The van der Waals surface area contributed by atoms with E-state index in [0.717, 1.165) is 11.3 Å². The number of ether oxygens (including phenoxy) is 1. The molecule has 0 spiro atoms. The lowest BCUT2D eigenvalue weighted by Crippen LogP contribution is -1.91. The average molecular weight is 327 g/mol. The molecule has 7 heteroatoms. The van der Waals surface area contributed by atoms with E-state index in [1.54, 1.807) is 37.4 Å². The fourth-order valence-electron chi connectivity index (χ4n) is 1.94. The van der Waals surface area contributed by atoms with Crippen LogP contribution in [0.25, 0.3) is 11.4 Å². The summed E-state index contributed by atoms with van der Waals surface area (Å²) in [5, 5.41) is 7.57. The third-order valence-electron chi connectivity index (χ3n) is 3.18. The van der Waals surface area contributed by atoms with Crippen LogP contribution >= 0.6 is 0 Å². The van der Waals surface area contributed by atoms with Crippen LogP contribution in [0.15, 0.2) is 58.2 Å². The smallest absolute Gasteiger partial charge is 0.267 e. The Morgan fingerprint density at radius 1 is 1.17 bits per heavy atom. The fraction of sp³-hybridized carbons (Fsp3) is 0.118. The Balaban J connectivity index is 1.59. The third kappa shape index (κ3) is 3.75. The summed E-state index contributed by atoms with van der Waals surface area (Å²) in [6.45, 7) is -0.00585. The predicted octanol–water partition coefficient (Wildman–Crippen LogP) is 3.44. The van der Waals surface area contributed by atoms with Gasteiger partial charge in [-0.3, -0.25) is 0 Å². The van der Waals surface area contributed by atoms with E-state index in [-0.39, 0.29) is 18.3 Å². The molecular weight excluding hydrogens is 313 g/mol. The molecule has 122 valence electrons. The molecule has 0 saturated carbocycles. The maximum absolute atomic E-state index is 13.4. The lowest BCUT2D eigenvalue weighted by atomic mass is 10.2. The Labute approximate surface area is 137 Å². The second-order valence-corrected chi connectivity index (χ2v) is 4.77. The van der Waals surface area contributed by atoms with Crippen LogP contribution < -0.4 is 4.74 Å². The summed E-state index contributed by atoms with van der Waals surface area (Å²) in [5.74, 6) is 1.08. The van der Waals surface area contributed by atoms with E-state index in [1.807, 2.05) is 12.1 Å². The van der Waals surface area contributed by atoms with Crippen molar-refractivity contribution in [1.29, 1.82) is 0 Å². The molecule has 0 bridgehead atoms. The van der Waals surface area contributed by atoms with Crippen LogP contribution in [0.2, 0.25) is 0 Å². The SMILES string of the molecule is COc1ccc(-c2noc(CO/N=C\c3ccccc3F)n2)cc1. The van der Waals surface area contributed by atoms with Gasteiger partial charge in [0.2, 0.25) is 5.82 Å². The largest absolute Gasteiger partial charge is 0.497 e. The number of benzene rings is 2. The van der Waals surface area contributed by atoms with Gasteiger partial charge in [0.25, 0.3) is 5.89 Å². The molecule has 24 heavy (non-hydrogen) atoms. The second kappa shape index (κ2) is 7.36. The van der Waals surface area contributed by atoms with E-state index < -0.39 is 0 Å². The first kappa shape index (κ1) is 15.7. The van der Waals surface area contributed by atoms with Gasteiger partial charge in [-0.05, 0) is 30.3 Å². The quantitative estimate of drug-likeness (QED) is 0.512. The first-order valence-corrected chi connectivity index (χ1v) is 7.13. The average Bonchev–Trinajstić information content (AvgIpc) is 3.09. The highest BCUT2D eigenvalue weighted by atomic mass is 19.1. The van der Waals surface area contributed by atoms with Gasteiger partial charge in [0, 0.05) is 11.1 Å². The second-order valence-electron chi connectivity index (χ2n) is 4.77. The van der Waals surface area contributed by atoms with E-state index in [4.69, 9.17) is 14.1 Å². The molecule has 0 fully saturated rings. The van der Waals surface area contributed by atoms with Crippen LogP contribution in [0.1, 0.15) is 11.5 Å². The third-order valence-corrected chi connectivity index (χ3v) is 3.18. The zero-order chi connectivity index (χ0) is 16.8. The van der Waals surface area contributed by atoms with Crippen molar-refractivity contribution in [2.24, 2.45) is 5.16 Å². The van der Waals surface area contributed by atoms with Crippen molar-refractivity contribution in [3.05, 3.63) is 65.8 Å². The molecule has 0 aliphatic heterocycles.